The molecule has 120 valence electrons. The van der Waals surface area contributed by atoms with Crippen molar-refractivity contribution in [1.29, 1.82) is 0 Å². The number of rotatable bonds is 3. The molecule has 1 N–H and O–H groups in total. The van der Waals surface area contributed by atoms with Crippen LogP contribution in [0.25, 0.3) is 0 Å². The first-order valence-corrected chi connectivity index (χ1v) is 7.54. The van der Waals surface area contributed by atoms with Crippen LogP contribution in [0.2, 0.25) is 0 Å². The normalized spacial score (nSPS) is 14.9. The summed E-state index contributed by atoms with van der Waals surface area (Å²) in [5.41, 5.74) is 0.732. The molecule has 22 heavy (non-hydrogen) atoms. The molecule has 3 amide bonds. The molecule has 0 unspecified atom stereocenters. The topological polar surface area (TPSA) is 61.9 Å². The Balaban J connectivity index is 1.86. The summed E-state index contributed by atoms with van der Waals surface area (Å²) in [6.07, 6.45) is 0.123. The number of benzene rings is 1. The second-order valence-electron chi connectivity index (χ2n) is 5.61. The molecule has 1 aromatic carbocycles. The van der Waals surface area contributed by atoms with Gasteiger partial charge in [-0.3, -0.25) is 4.79 Å². The lowest BCUT2D eigenvalue weighted by atomic mass is 10.3. The van der Waals surface area contributed by atoms with Crippen molar-refractivity contribution in [2.45, 2.75) is 26.9 Å². The molecule has 0 atom stereocenters. The highest BCUT2D eigenvalue weighted by Crippen LogP contribution is 2.17. The van der Waals surface area contributed by atoms with E-state index >= 15 is 0 Å². The van der Waals surface area contributed by atoms with Crippen molar-refractivity contribution >= 4 is 17.6 Å². The molecule has 1 aliphatic heterocycles. The van der Waals surface area contributed by atoms with Gasteiger partial charge in [-0.15, -0.1) is 0 Å². The minimum atomic E-state index is -0.138. The second-order valence-corrected chi connectivity index (χ2v) is 5.61. The lowest BCUT2D eigenvalue weighted by Crippen LogP contribution is -2.51. The molecule has 1 heterocycles. The van der Waals surface area contributed by atoms with Gasteiger partial charge in [0.25, 0.3) is 0 Å². The van der Waals surface area contributed by atoms with E-state index in [2.05, 4.69) is 5.32 Å². The maximum Gasteiger partial charge on any atom is 0.321 e. The largest absolute Gasteiger partial charge is 0.491 e. The lowest BCUT2D eigenvalue weighted by Gasteiger charge is -2.34. The third-order valence-corrected chi connectivity index (χ3v) is 3.49. The van der Waals surface area contributed by atoms with Crippen LogP contribution in [-0.2, 0) is 4.79 Å². The molecular formula is C16H23N3O3. The molecule has 1 fully saturated rings. The zero-order valence-electron chi connectivity index (χ0n) is 13.3. The van der Waals surface area contributed by atoms with Gasteiger partial charge in [-0.2, -0.15) is 0 Å². The summed E-state index contributed by atoms with van der Waals surface area (Å²) < 4.78 is 5.56. The Morgan fingerprint density at radius 3 is 2.09 bits per heavy atom. The number of urea groups is 1. The van der Waals surface area contributed by atoms with E-state index in [0.29, 0.717) is 26.2 Å². The third kappa shape index (κ3) is 4.38. The van der Waals surface area contributed by atoms with Crippen LogP contribution in [0.1, 0.15) is 20.8 Å². The van der Waals surface area contributed by atoms with Gasteiger partial charge in [0.15, 0.2) is 0 Å². The van der Waals surface area contributed by atoms with Crippen molar-refractivity contribution in [1.82, 2.24) is 9.80 Å². The second kappa shape index (κ2) is 7.15. The van der Waals surface area contributed by atoms with Crippen molar-refractivity contribution in [3.05, 3.63) is 24.3 Å². The monoisotopic (exact) mass is 305 g/mol. The molecule has 2 rings (SSSR count). The van der Waals surface area contributed by atoms with Crippen molar-refractivity contribution in [3.8, 4) is 5.75 Å². The minimum absolute atomic E-state index is 0.0563. The zero-order valence-corrected chi connectivity index (χ0v) is 13.3. The van der Waals surface area contributed by atoms with Crippen LogP contribution in [0, 0.1) is 0 Å². The molecule has 0 radical (unpaired) electrons. The van der Waals surface area contributed by atoms with Crippen LogP contribution < -0.4 is 10.1 Å². The summed E-state index contributed by atoms with van der Waals surface area (Å²) in [6.45, 7) is 7.77. The number of nitrogens with one attached hydrogen (secondary N) is 1. The van der Waals surface area contributed by atoms with E-state index in [-0.39, 0.29) is 18.0 Å². The van der Waals surface area contributed by atoms with Gasteiger partial charge in [0.1, 0.15) is 5.75 Å². The first kappa shape index (κ1) is 16.1. The summed E-state index contributed by atoms with van der Waals surface area (Å²) >= 11 is 0. The summed E-state index contributed by atoms with van der Waals surface area (Å²) in [7, 11) is 0. The molecular weight excluding hydrogens is 282 g/mol. The molecule has 0 spiro atoms. The number of anilines is 1. The van der Waals surface area contributed by atoms with E-state index in [9.17, 15) is 9.59 Å². The summed E-state index contributed by atoms with van der Waals surface area (Å²) in [5, 5.41) is 2.86. The Morgan fingerprint density at radius 2 is 1.59 bits per heavy atom. The van der Waals surface area contributed by atoms with Crippen molar-refractivity contribution < 1.29 is 14.3 Å². The van der Waals surface area contributed by atoms with Gasteiger partial charge in [-0.1, -0.05) is 0 Å². The summed E-state index contributed by atoms with van der Waals surface area (Å²) in [4.78, 5) is 26.9. The Morgan fingerprint density at radius 1 is 1.05 bits per heavy atom. The molecule has 1 saturated heterocycles. The van der Waals surface area contributed by atoms with E-state index in [1.54, 1.807) is 16.7 Å². The third-order valence-electron chi connectivity index (χ3n) is 3.49. The Kier molecular flexibility index (Phi) is 5.25. The van der Waals surface area contributed by atoms with Crippen LogP contribution in [0.4, 0.5) is 10.5 Å². The maximum absolute atomic E-state index is 12.2. The first-order valence-electron chi connectivity index (χ1n) is 7.54. The zero-order chi connectivity index (χ0) is 16.1. The number of carbonyl (C=O) groups excluding carboxylic acids is 2. The highest BCUT2D eigenvalue weighted by atomic mass is 16.5. The van der Waals surface area contributed by atoms with Crippen LogP contribution >= 0.6 is 0 Å². The fourth-order valence-electron chi connectivity index (χ4n) is 2.32. The summed E-state index contributed by atoms with van der Waals surface area (Å²) in [5.74, 6) is 0.837. The molecule has 0 aromatic heterocycles. The van der Waals surface area contributed by atoms with Crippen molar-refractivity contribution in [3.63, 3.8) is 0 Å². The molecule has 1 aromatic rings. The number of carbonyl (C=O) groups is 2. The summed E-state index contributed by atoms with van der Waals surface area (Å²) in [6, 6.07) is 7.18. The smallest absolute Gasteiger partial charge is 0.321 e. The Bertz CT molecular complexity index is 520. The van der Waals surface area contributed by atoms with Crippen LogP contribution in [-0.4, -0.2) is 54.0 Å². The minimum Gasteiger partial charge on any atom is -0.491 e. The predicted molar refractivity (Wildman–Crippen MR) is 85.1 cm³/mol. The maximum atomic E-state index is 12.2. The van der Waals surface area contributed by atoms with Crippen molar-refractivity contribution in [2.75, 3.05) is 31.5 Å². The SMILES string of the molecule is CC(=O)N1CCN(C(=O)Nc2ccc(OC(C)C)cc2)CC1. The van der Waals surface area contributed by atoms with Crippen molar-refractivity contribution in [2.24, 2.45) is 0 Å². The predicted octanol–water partition coefficient (Wildman–Crippen LogP) is 2.17. The fraction of sp³-hybridized carbons (Fsp3) is 0.500. The average Bonchev–Trinajstić information content (AvgIpc) is 2.49. The Labute approximate surface area is 131 Å². The number of piperazine rings is 1. The molecule has 6 nitrogen and oxygen atoms in total. The van der Waals surface area contributed by atoms with Gasteiger partial charge in [0.2, 0.25) is 5.91 Å². The first-order chi connectivity index (χ1) is 10.5. The molecule has 1 aliphatic rings. The lowest BCUT2D eigenvalue weighted by molar-refractivity contribution is -0.130. The van der Waals surface area contributed by atoms with Crippen LogP contribution in [0.15, 0.2) is 24.3 Å². The average molecular weight is 305 g/mol. The number of amides is 3. The van der Waals surface area contributed by atoms with Crippen LogP contribution in [0.3, 0.4) is 0 Å². The number of nitrogens with zero attached hydrogens (tertiary/aromatic N) is 2. The highest BCUT2D eigenvalue weighted by Gasteiger charge is 2.22. The quantitative estimate of drug-likeness (QED) is 0.931. The molecule has 0 saturated carbocycles. The van der Waals surface area contributed by atoms with E-state index < -0.39 is 0 Å². The number of hydrogen-bond acceptors (Lipinski definition) is 3. The standard InChI is InChI=1S/C16H23N3O3/c1-12(2)22-15-6-4-14(5-7-15)17-16(21)19-10-8-18(9-11-19)13(3)20/h4-7,12H,8-11H2,1-3H3,(H,17,21). The van der Waals surface area contributed by atoms with E-state index in [1.807, 2.05) is 38.1 Å². The number of hydrogen-bond donors (Lipinski definition) is 1. The molecule has 6 heteroatoms. The van der Waals surface area contributed by atoms with Gasteiger partial charge < -0.3 is 19.9 Å². The van der Waals surface area contributed by atoms with Gasteiger partial charge in [0.05, 0.1) is 6.10 Å². The van der Waals surface area contributed by atoms with Gasteiger partial charge >= 0.3 is 6.03 Å². The van der Waals surface area contributed by atoms with E-state index in [0.717, 1.165) is 11.4 Å². The highest BCUT2D eigenvalue weighted by molar-refractivity contribution is 5.89. The molecule has 0 bridgehead atoms. The van der Waals surface area contributed by atoms with E-state index in [4.69, 9.17) is 4.74 Å². The van der Waals surface area contributed by atoms with Gasteiger partial charge in [-0.25, -0.2) is 4.79 Å². The Hall–Kier alpha value is -2.24. The van der Waals surface area contributed by atoms with E-state index in [1.165, 1.54) is 0 Å². The fourth-order valence-corrected chi connectivity index (χ4v) is 2.32. The van der Waals surface area contributed by atoms with Gasteiger partial charge in [0, 0.05) is 38.8 Å². The van der Waals surface area contributed by atoms with Crippen LogP contribution in [0.5, 0.6) is 5.75 Å². The van der Waals surface area contributed by atoms with Gasteiger partial charge in [-0.05, 0) is 38.1 Å². The molecule has 0 aliphatic carbocycles. The number of ether oxygens (including phenoxy) is 1.